The highest BCUT2D eigenvalue weighted by atomic mass is 19.1. The lowest BCUT2D eigenvalue weighted by molar-refractivity contribution is 0.500. The van der Waals surface area contributed by atoms with Gasteiger partial charge in [0, 0.05) is 6.54 Å². The van der Waals surface area contributed by atoms with Crippen molar-refractivity contribution in [1.82, 2.24) is 5.32 Å². The Morgan fingerprint density at radius 1 is 1.00 bits per heavy atom. The van der Waals surface area contributed by atoms with Crippen LogP contribution in [0, 0.1) is 18.7 Å². The molecule has 0 heterocycles. The van der Waals surface area contributed by atoms with Crippen molar-refractivity contribution in [3.63, 3.8) is 0 Å². The molecule has 1 unspecified atom stereocenters. The Hall–Kier alpha value is -1.74. The van der Waals surface area contributed by atoms with Crippen molar-refractivity contribution < 1.29 is 9.09 Å². The van der Waals surface area contributed by atoms with Crippen LogP contribution >= 0.6 is 0 Å². The quantitative estimate of drug-likeness (QED) is 0.809. The van der Waals surface area contributed by atoms with Crippen LogP contribution in [0.1, 0.15) is 31.4 Å². The van der Waals surface area contributed by atoms with Gasteiger partial charge in [0.1, 0.15) is 5.82 Å². The Morgan fingerprint density at radius 3 is 2.09 bits per heavy atom. The van der Waals surface area contributed by atoms with E-state index in [9.17, 15) is 4.39 Å². The molecular weight excluding hydrogens is 280 g/mol. The standard InChI is InChI=1S/C12H19N.C7H7F.FH/c1-3-11(2)9-13-10-12-7-5-4-6-8-12;1-6-4-2-3-5-7(6)8;/h4-8,11,13H,3,9-10H2,1-2H3;2-5H,1H3;1H. The molecule has 0 saturated carbocycles. The van der Waals surface area contributed by atoms with E-state index < -0.39 is 0 Å². The third-order valence-electron chi connectivity index (χ3n) is 3.44. The van der Waals surface area contributed by atoms with Crippen molar-refractivity contribution in [2.45, 2.75) is 33.7 Å². The van der Waals surface area contributed by atoms with Crippen LogP contribution in [0.25, 0.3) is 0 Å². The Bertz CT molecular complexity index is 479. The van der Waals surface area contributed by atoms with Gasteiger partial charge in [-0.1, -0.05) is 68.8 Å². The molecule has 0 saturated heterocycles. The van der Waals surface area contributed by atoms with E-state index in [0.29, 0.717) is 5.56 Å². The van der Waals surface area contributed by atoms with Gasteiger partial charge in [-0.15, -0.1) is 0 Å². The molecule has 1 nitrogen and oxygen atoms in total. The van der Waals surface area contributed by atoms with Gasteiger partial charge < -0.3 is 5.32 Å². The van der Waals surface area contributed by atoms with Gasteiger partial charge in [-0.25, -0.2) is 4.39 Å². The summed E-state index contributed by atoms with van der Waals surface area (Å²) >= 11 is 0. The first-order valence-corrected chi connectivity index (χ1v) is 7.59. The minimum absolute atomic E-state index is 0. The number of benzene rings is 2. The molecule has 0 aliphatic rings. The van der Waals surface area contributed by atoms with Crippen LogP contribution in [0.5, 0.6) is 0 Å². The first-order valence-electron chi connectivity index (χ1n) is 7.59. The fraction of sp³-hybridized carbons (Fsp3) is 0.368. The first kappa shape index (κ1) is 20.3. The molecule has 0 radical (unpaired) electrons. The summed E-state index contributed by atoms with van der Waals surface area (Å²) in [7, 11) is 0. The minimum Gasteiger partial charge on any atom is -0.312 e. The van der Waals surface area contributed by atoms with Crippen LogP contribution < -0.4 is 5.32 Å². The normalized spacial score (nSPS) is 10.9. The SMILES string of the molecule is CCC(C)CNCc1ccccc1.Cc1ccccc1F.F. The lowest BCUT2D eigenvalue weighted by Crippen LogP contribution is -2.20. The van der Waals surface area contributed by atoms with Crippen molar-refractivity contribution in [2.75, 3.05) is 6.54 Å². The van der Waals surface area contributed by atoms with Crippen LogP contribution in [0.3, 0.4) is 0 Å². The second-order valence-corrected chi connectivity index (χ2v) is 5.38. The average Bonchev–Trinajstić information content (AvgIpc) is 2.52. The highest BCUT2D eigenvalue weighted by molar-refractivity contribution is 5.15. The highest BCUT2D eigenvalue weighted by Crippen LogP contribution is 2.02. The van der Waals surface area contributed by atoms with Crippen LogP contribution in [-0.4, -0.2) is 6.54 Å². The minimum atomic E-state index is -0.132. The molecule has 0 bridgehead atoms. The maximum atomic E-state index is 12.3. The summed E-state index contributed by atoms with van der Waals surface area (Å²) < 4.78 is 12.3. The first-order chi connectivity index (χ1) is 10.1. The van der Waals surface area contributed by atoms with Gasteiger partial charge in [0.05, 0.1) is 0 Å². The second kappa shape index (κ2) is 11.9. The van der Waals surface area contributed by atoms with Crippen molar-refractivity contribution in [2.24, 2.45) is 5.92 Å². The van der Waals surface area contributed by atoms with Crippen molar-refractivity contribution in [3.05, 3.63) is 71.5 Å². The van der Waals surface area contributed by atoms with Gasteiger partial charge in [-0.2, -0.15) is 0 Å². The zero-order valence-corrected chi connectivity index (χ0v) is 13.7. The lowest BCUT2D eigenvalue weighted by Gasteiger charge is -2.09. The van der Waals surface area contributed by atoms with Crippen LogP contribution in [0.4, 0.5) is 9.09 Å². The third-order valence-corrected chi connectivity index (χ3v) is 3.44. The van der Waals surface area contributed by atoms with Gasteiger partial charge in [0.2, 0.25) is 0 Å². The average molecular weight is 307 g/mol. The Labute approximate surface area is 132 Å². The number of nitrogens with one attached hydrogen (secondary N) is 1. The number of hydrogen-bond acceptors (Lipinski definition) is 1. The molecular formula is C19H27F2N. The highest BCUT2D eigenvalue weighted by Gasteiger charge is 1.97. The van der Waals surface area contributed by atoms with Gasteiger partial charge in [-0.3, -0.25) is 4.70 Å². The smallest absolute Gasteiger partial charge is 0.126 e. The summed E-state index contributed by atoms with van der Waals surface area (Å²) in [6, 6.07) is 17.2. The third kappa shape index (κ3) is 8.53. The molecule has 0 amide bonds. The zero-order chi connectivity index (χ0) is 15.5. The topological polar surface area (TPSA) is 12.0 Å². The summed E-state index contributed by atoms with van der Waals surface area (Å²) in [5.41, 5.74) is 2.07. The lowest BCUT2D eigenvalue weighted by atomic mass is 10.1. The van der Waals surface area contributed by atoms with E-state index in [1.54, 1.807) is 19.1 Å². The molecule has 2 aromatic carbocycles. The number of aryl methyl sites for hydroxylation is 1. The Kier molecular flexibility index (Phi) is 10.9. The molecule has 3 heteroatoms. The number of hydrogen-bond donors (Lipinski definition) is 1. The van der Waals surface area contributed by atoms with Crippen LogP contribution in [-0.2, 0) is 6.54 Å². The van der Waals surface area contributed by atoms with E-state index in [0.717, 1.165) is 19.0 Å². The van der Waals surface area contributed by atoms with Gasteiger partial charge in [0.15, 0.2) is 0 Å². The molecule has 1 N–H and O–H groups in total. The van der Waals surface area contributed by atoms with Gasteiger partial charge in [0.25, 0.3) is 0 Å². The summed E-state index contributed by atoms with van der Waals surface area (Å²) in [6.45, 7) is 8.36. The van der Waals surface area contributed by atoms with E-state index in [1.807, 2.05) is 6.07 Å². The largest absolute Gasteiger partial charge is 0.312 e. The Morgan fingerprint density at radius 2 is 1.59 bits per heavy atom. The summed E-state index contributed by atoms with van der Waals surface area (Å²) in [6.07, 6.45) is 1.25. The predicted octanol–water partition coefficient (Wildman–Crippen LogP) is 5.11. The maximum Gasteiger partial charge on any atom is 0.126 e. The summed E-state index contributed by atoms with van der Waals surface area (Å²) in [5, 5.41) is 3.45. The maximum absolute atomic E-state index is 12.3. The number of halogens is 2. The second-order valence-electron chi connectivity index (χ2n) is 5.38. The summed E-state index contributed by atoms with van der Waals surface area (Å²) in [4.78, 5) is 0. The monoisotopic (exact) mass is 307 g/mol. The molecule has 0 fully saturated rings. The van der Waals surface area contributed by atoms with Crippen LogP contribution in [0.2, 0.25) is 0 Å². The summed E-state index contributed by atoms with van der Waals surface area (Å²) in [5.74, 6) is 0.649. The number of rotatable bonds is 5. The Balaban J connectivity index is 0.000000423. The molecule has 2 aromatic rings. The predicted molar refractivity (Wildman–Crippen MR) is 91.2 cm³/mol. The molecule has 2 rings (SSSR count). The van der Waals surface area contributed by atoms with E-state index in [-0.39, 0.29) is 10.5 Å². The van der Waals surface area contributed by atoms with E-state index >= 15 is 0 Å². The van der Waals surface area contributed by atoms with Crippen molar-refractivity contribution >= 4 is 0 Å². The van der Waals surface area contributed by atoms with Gasteiger partial charge >= 0.3 is 0 Å². The fourth-order valence-electron chi connectivity index (χ4n) is 1.75. The van der Waals surface area contributed by atoms with Crippen LogP contribution in [0.15, 0.2) is 54.6 Å². The van der Waals surface area contributed by atoms with E-state index in [4.69, 9.17) is 0 Å². The molecule has 0 aliphatic carbocycles. The van der Waals surface area contributed by atoms with Crippen molar-refractivity contribution in [1.29, 1.82) is 0 Å². The molecule has 22 heavy (non-hydrogen) atoms. The molecule has 0 spiro atoms. The fourth-order valence-corrected chi connectivity index (χ4v) is 1.75. The van der Waals surface area contributed by atoms with Crippen molar-refractivity contribution in [3.8, 4) is 0 Å². The molecule has 122 valence electrons. The zero-order valence-electron chi connectivity index (χ0n) is 13.7. The van der Waals surface area contributed by atoms with E-state index in [1.165, 1.54) is 18.1 Å². The van der Waals surface area contributed by atoms with E-state index in [2.05, 4.69) is 49.5 Å². The molecule has 1 atom stereocenters. The molecule has 0 aromatic heterocycles. The van der Waals surface area contributed by atoms with Gasteiger partial charge in [-0.05, 0) is 36.6 Å². The molecule has 0 aliphatic heterocycles.